The second-order valence-electron chi connectivity index (χ2n) is 7.47. The van der Waals surface area contributed by atoms with E-state index in [4.69, 9.17) is 0 Å². The summed E-state index contributed by atoms with van der Waals surface area (Å²) in [7, 11) is 0. The molecule has 2 heterocycles. The van der Waals surface area contributed by atoms with Crippen molar-refractivity contribution in [2.75, 3.05) is 11.9 Å². The third kappa shape index (κ3) is 4.53. The molecule has 4 rings (SSSR count). The van der Waals surface area contributed by atoms with Gasteiger partial charge in [-0.1, -0.05) is 30.4 Å². The monoisotopic (exact) mass is 449 g/mol. The van der Waals surface area contributed by atoms with Crippen molar-refractivity contribution < 1.29 is 27.6 Å². The van der Waals surface area contributed by atoms with E-state index >= 15 is 0 Å². The molecule has 1 aliphatic carbocycles. The number of allylic oxidation sites excluding steroid dienone is 2. The Hall–Kier alpha value is -3.01. The van der Waals surface area contributed by atoms with Crippen molar-refractivity contribution in [2.24, 2.45) is 11.8 Å². The lowest BCUT2D eigenvalue weighted by molar-refractivity contribution is -0.142. The predicted octanol–water partition coefficient (Wildman–Crippen LogP) is 3.64. The van der Waals surface area contributed by atoms with Crippen LogP contribution in [0.3, 0.4) is 0 Å². The molecule has 2 aromatic rings. The maximum Gasteiger partial charge on any atom is 0.416 e. The van der Waals surface area contributed by atoms with Gasteiger partial charge in [-0.3, -0.25) is 19.3 Å². The van der Waals surface area contributed by atoms with E-state index in [0.717, 1.165) is 28.4 Å². The maximum atomic E-state index is 12.9. The molecule has 1 N–H and O–H groups in total. The highest BCUT2D eigenvalue weighted by molar-refractivity contribution is 7.15. The maximum absolute atomic E-state index is 12.9. The van der Waals surface area contributed by atoms with Crippen molar-refractivity contribution in [3.05, 3.63) is 58.6 Å². The van der Waals surface area contributed by atoms with Crippen LogP contribution in [0, 0.1) is 11.8 Å². The Kier molecular flexibility index (Phi) is 5.65. The van der Waals surface area contributed by atoms with Crippen LogP contribution in [0.5, 0.6) is 0 Å². The van der Waals surface area contributed by atoms with E-state index in [9.17, 15) is 27.6 Å². The van der Waals surface area contributed by atoms with Gasteiger partial charge in [0.1, 0.15) is 6.54 Å². The van der Waals surface area contributed by atoms with Gasteiger partial charge in [0.05, 0.1) is 17.4 Å². The average Bonchev–Trinajstić information content (AvgIpc) is 3.25. The molecule has 162 valence electrons. The Morgan fingerprint density at radius 2 is 1.84 bits per heavy atom. The van der Waals surface area contributed by atoms with Gasteiger partial charge in [0.15, 0.2) is 5.13 Å². The minimum atomic E-state index is -4.42. The number of rotatable bonds is 5. The highest BCUT2D eigenvalue weighted by Gasteiger charge is 2.47. The number of hydrogen-bond donors (Lipinski definition) is 1. The summed E-state index contributed by atoms with van der Waals surface area (Å²) in [6, 6.07) is 5.02. The van der Waals surface area contributed by atoms with Gasteiger partial charge in [-0.05, 0) is 24.5 Å². The largest absolute Gasteiger partial charge is 0.416 e. The van der Waals surface area contributed by atoms with Crippen LogP contribution in [0.1, 0.15) is 28.8 Å². The lowest BCUT2D eigenvalue weighted by atomic mass is 9.85. The molecule has 3 amide bonds. The zero-order valence-corrected chi connectivity index (χ0v) is 17.0. The Labute approximate surface area is 179 Å². The van der Waals surface area contributed by atoms with Gasteiger partial charge in [-0.2, -0.15) is 13.2 Å². The zero-order valence-electron chi connectivity index (χ0n) is 16.2. The molecule has 10 heteroatoms. The molecule has 6 nitrogen and oxygen atoms in total. The predicted molar refractivity (Wildman–Crippen MR) is 107 cm³/mol. The first-order valence-corrected chi connectivity index (χ1v) is 10.4. The van der Waals surface area contributed by atoms with Gasteiger partial charge >= 0.3 is 6.18 Å². The van der Waals surface area contributed by atoms with Crippen LogP contribution in [-0.2, 0) is 27.0 Å². The number of carbonyl (C=O) groups excluding carboxylic acids is 3. The lowest BCUT2D eigenvalue weighted by Gasteiger charge is -2.14. The average molecular weight is 449 g/mol. The van der Waals surface area contributed by atoms with Gasteiger partial charge in [-0.15, -0.1) is 11.3 Å². The van der Waals surface area contributed by atoms with E-state index in [1.807, 2.05) is 12.2 Å². The number of anilines is 1. The second kappa shape index (κ2) is 8.26. The van der Waals surface area contributed by atoms with Gasteiger partial charge in [-0.25, -0.2) is 4.98 Å². The minimum absolute atomic E-state index is 0.233. The van der Waals surface area contributed by atoms with E-state index in [1.54, 1.807) is 6.07 Å². The molecule has 0 radical (unpaired) electrons. The van der Waals surface area contributed by atoms with Crippen LogP contribution in [0.25, 0.3) is 0 Å². The van der Waals surface area contributed by atoms with E-state index in [-0.39, 0.29) is 29.9 Å². The summed E-state index contributed by atoms with van der Waals surface area (Å²) in [6.07, 6.45) is 2.04. The Balaban J connectivity index is 1.37. The number of thiazole rings is 1. The van der Waals surface area contributed by atoms with Crippen LogP contribution in [-0.4, -0.2) is 34.2 Å². The third-order valence-corrected chi connectivity index (χ3v) is 6.25. The van der Waals surface area contributed by atoms with Gasteiger partial charge in [0, 0.05) is 17.5 Å². The van der Waals surface area contributed by atoms with Crippen molar-refractivity contribution in [3.63, 3.8) is 0 Å². The SMILES string of the molecule is O=C(CN1C(=O)C2CC=CCC2C1=O)Nc1ncc(Cc2cccc(C(F)(F)F)c2)s1. The number of carbonyl (C=O) groups is 3. The quantitative estimate of drug-likeness (QED) is 0.558. The fourth-order valence-electron chi connectivity index (χ4n) is 3.83. The van der Waals surface area contributed by atoms with Gasteiger partial charge in [0.2, 0.25) is 17.7 Å². The van der Waals surface area contributed by atoms with Gasteiger partial charge < -0.3 is 5.32 Å². The topological polar surface area (TPSA) is 79.4 Å². The number of nitrogens with one attached hydrogen (secondary N) is 1. The van der Waals surface area contributed by atoms with Crippen LogP contribution >= 0.6 is 11.3 Å². The Morgan fingerprint density at radius 1 is 1.16 bits per heavy atom. The molecule has 31 heavy (non-hydrogen) atoms. The van der Waals surface area contributed by atoms with Gasteiger partial charge in [0.25, 0.3) is 0 Å². The van der Waals surface area contributed by atoms with E-state index in [0.29, 0.717) is 23.3 Å². The number of benzene rings is 1. The molecule has 1 aliphatic heterocycles. The smallest absolute Gasteiger partial charge is 0.300 e. The second-order valence-corrected chi connectivity index (χ2v) is 8.59. The first-order valence-electron chi connectivity index (χ1n) is 9.63. The standard InChI is InChI=1S/C21H18F3N3O3S/c22-21(23,24)13-5-3-4-12(8-13)9-14-10-25-20(31-14)26-17(28)11-27-18(29)15-6-1-2-7-16(15)19(27)30/h1-5,8,10,15-16H,6-7,9,11H2,(H,25,26,28). The fourth-order valence-corrected chi connectivity index (χ4v) is 4.70. The molecule has 0 spiro atoms. The molecule has 1 aromatic carbocycles. The van der Waals surface area contributed by atoms with Crippen LogP contribution < -0.4 is 5.32 Å². The molecule has 1 fully saturated rings. The summed E-state index contributed by atoms with van der Waals surface area (Å²) in [6.45, 7) is -0.382. The Morgan fingerprint density at radius 3 is 2.48 bits per heavy atom. The number of amides is 3. The Bertz CT molecular complexity index is 1040. The molecule has 1 saturated heterocycles. The summed E-state index contributed by atoms with van der Waals surface area (Å²) in [5, 5.41) is 2.81. The van der Waals surface area contributed by atoms with Crippen LogP contribution in [0.4, 0.5) is 18.3 Å². The summed E-state index contributed by atoms with van der Waals surface area (Å²) >= 11 is 1.13. The van der Waals surface area contributed by atoms with Crippen molar-refractivity contribution >= 4 is 34.2 Å². The number of likely N-dealkylation sites (tertiary alicyclic amines) is 1. The molecular formula is C21H18F3N3O3S. The fraction of sp³-hybridized carbons (Fsp3) is 0.333. The molecular weight excluding hydrogens is 431 g/mol. The molecule has 0 bridgehead atoms. The zero-order chi connectivity index (χ0) is 22.2. The van der Waals surface area contributed by atoms with Crippen LogP contribution in [0.15, 0.2) is 42.6 Å². The molecule has 2 aliphatic rings. The molecule has 0 saturated carbocycles. The number of imide groups is 1. The van der Waals surface area contributed by atoms with Crippen molar-refractivity contribution in [2.45, 2.75) is 25.4 Å². The number of alkyl halides is 3. The number of halogens is 3. The van der Waals surface area contributed by atoms with E-state index in [1.165, 1.54) is 12.3 Å². The van der Waals surface area contributed by atoms with Crippen molar-refractivity contribution in [1.29, 1.82) is 0 Å². The minimum Gasteiger partial charge on any atom is -0.300 e. The lowest BCUT2D eigenvalue weighted by Crippen LogP contribution is -2.38. The molecule has 1 aromatic heterocycles. The summed E-state index contributed by atoms with van der Waals surface area (Å²) in [5.74, 6) is -2.01. The highest BCUT2D eigenvalue weighted by atomic mass is 32.1. The summed E-state index contributed by atoms with van der Waals surface area (Å²) in [5.41, 5.74) is -0.250. The van der Waals surface area contributed by atoms with Crippen LogP contribution in [0.2, 0.25) is 0 Å². The third-order valence-electron chi connectivity index (χ3n) is 5.33. The first kappa shape index (κ1) is 21.2. The number of fused-ring (bicyclic) bond motifs is 1. The van der Waals surface area contributed by atoms with E-state index < -0.39 is 29.5 Å². The van der Waals surface area contributed by atoms with Crippen molar-refractivity contribution in [1.82, 2.24) is 9.88 Å². The first-order chi connectivity index (χ1) is 14.7. The number of hydrogen-bond acceptors (Lipinski definition) is 5. The highest BCUT2D eigenvalue weighted by Crippen LogP contribution is 2.35. The molecule has 2 unspecified atom stereocenters. The number of aromatic nitrogens is 1. The normalized spacial score (nSPS) is 20.8. The van der Waals surface area contributed by atoms with Crippen molar-refractivity contribution in [3.8, 4) is 0 Å². The molecule has 2 atom stereocenters. The summed E-state index contributed by atoms with van der Waals surface area (Å²) in [4.78, 5) is 43.0. The summed E-state index contributed by atoms with van der Waals surface area (Å²) < 4.78 is 38.6. The number of nitrogens with zero attached hydrogens (tertiary/aromatic N) is 2. The van der Waals surface area contributed by atoms with E-state index in [2.05, 4.69) is 10.3 Å².